The van der Waals surface area contributed by atoms with Gasteiger partial charge < -0.3 is 9.73 Å². The van der Waals surface area contributed by atoms with Crippen LogP contribution >= 0.6 is 0 Å². The topological polar surface area (TPSA) is 25.2 Å². The second-order valence-electron chi connectivity index (χ2n) is 3.87. The number of hydrogen-bond donors (Lipinski definition) is 1. The molecule has 0 amide bonds. The van der Waals surface area contributed by atoms with Gasteiger partial charge in [-0.1, -0.05) is 6.92 Å². The van der Waals surface area contributed by atoms with Gasteiger partial charge >= 0.3 is 0 Å². The van der Waals surface area contributed by atoms with E-state index in [9.17, 15) is 13.2 Å². The number of hydrogen-bond acceptors (Lipinski definition) is 2. The Morgan fingerprint density at radius 2 is 1.89 bits per heavy atom. The standard InChI is InChI=1S/C13H12F3NO/c1-2-11(13-4-3-5-18-13)17-12-7-9(15)8(14)6-10(12)16/h3-7,11,17H,2H2,1H3. The van der Waals surface area contributed by atoms with Gasteiger partial charge in [-0.05, 0) is 18.6 Å². The third-order valence-corrected chi connectivity index (χ3v) is 2.63. The molecule has 2 rings (SSSR count). The summed E-state index contributed by atoms with van der Waals surface area (Å²) in [5, 5.41) is 2.79. The average Bonchev–Trinajstić information content (AvgIpc) is 2.85. The van der Waals surface area contributed by atoms with Crippen molar-refractivity contribution < 1.29 is 17.6 Å². The highest BCUT2D eigenvalue weighted by molar-refractivity contribution is 5.46. The van der Waals surface area contributed by atoms with Crippen molar-refractivity contribution in [2.24, 2.45) is 0 Å². The lowest BCUT2D eigenvalue weighted by molar-refractivity contribution is 0.470. The summed E-state index contributed by atoms with van der Waals surface area (Å²) >= 11 is 0. The Labute approximate surface area is 102 Å². The van der Waals surface area contributed by atoms with Gasteiger partial charge in [-0.25, -0.2) is 13.2 Å². The minimum atomic E-state index is -1.20. The molecule has 1 unspecified atom stereocenters. The predicted octanol–water partition coefficient (Wildman–Crippen LogP) is 4.26. The van der Waals surface area contributed by atoms with Crippen molar-refractivity contribution in [1.29, 1.82) is 0 Å². The summed E-state index contributed by atoms with van der Waals surface area (Å²) in [7, 11) is 0. The van der Waals surface area contributed by atoms with E-state index in [0.29, 0.717) is 18.2 Å². The van der Waals surface area contributed by atoms with Gasteiger partial charge in [-0.3, -0.25) is 0 Å². The molecule has 0 saturated carbocycles. The van der Waals surface area contributed by atoms with Crippen LogP contribution in [0.2, 0.25) is 0 Å². The monoisotopic (exact) mass is 255 g/mol. The average molecular weight is 255 g/mol. The second kappa shape index (κ2) is 5.16. The van der Waals surface area contributed by atoms with Crippen molar-refractivity contribution in [2.45, 2.75) is 19.4 Å². The van der Waals surface area contributed by atoms with E-state index in [0.717, 1.165) is 6.07 Å². The van der Waals surface area contributed by atoms with E-state index in [-0.39, 0.29) is 11.7 Å². The summed E-state index contributed by atoms with van der Waals surface area (Å²) in [6, 6.07) is 4.47. The molecule has 0 aliphatic carbocycles. The largest absolute Gasteiger partial charge is 0.467 e. The Morgan fingerprint density at radius 1 is 1.17 bits per heavy atom. The van der Waals surface area contributed by atoms with Gasteiger partial charge in [-0.15, -0.1) is 0 Å². The van der Waals surface area contributed by atoms with Crippen molar-refractivity contribution in [1.82, 2.24) is 0 Å². The lowest BCUT2D eigenvalue weighted by Gasteiger charge is -2.16. The molecule has 0 radical (unpaired) electrons. The number of nitrogens with one attached hydrogen (secondary N) is 1. The quantitative estimate of drug-likeness (QED) is 0.826. The van der Waals surface area contributed by atoms with E-state index >= 15 is 0 Å². The van der Waals surface area contributed by atoms with Crippen LogP contribution in [-0.4, -0.2) is 0 Å². The molecule has 18 heavy (non-hydrogen) atoms. The maximum Gasteiger partial charge on any atom is 0.161 e. The zero-order valence-corrected chi connectivity index (χ0v) is 9.71. The summed E-state index contributed by atoms with van der Waals surface area (Å²) in [4.78, 5) is 0. The highest BCUT2D eigenvalue weighted by Crippen LogP contribution is 2.26. The fourth-order valence-corrected chi connectivity index (χ4v) is 1.68. The molecule has 0 aliphatic heterocycles. The Kier molecular flexibility index (Phi) is 3.60. The van der Waals surface area contributed by atoms with Crippen molar-refractivity contribution in [3.63, 3.8) is 0 Å². The molecule has 0 fully saturated rings. The van der Waals surface area contributed by atoms with Gasteiger partial charge in [0, 0.05) is 12.1 Å². The molecular weight excluding hydrogens is 243 g/mol. The molecule has 0 aliphatic rings. The SMILES string of the molecule is CCC(Nc1cc(F)c(F)cc1F)c1ccco1. The summed E-state index contributed by atoms with van der Waals surface area (Å²) in [5.41, 5.74) is -0.0860. The van der Waals surface area contributed by atoms with E-state index in [1.165, 1.54) is 6.26 Å². The van der Waals surface area contributed by atoms with E-state index < -0.39 is 17.5 Å². The highest BCUT2D eigenvalue weighted by Gasteiger charge is 2.16. The first kappa shape index (κ1) is 12.5. The second-order valence-corrected chi connectivity index (χ2v) is 3.87. The molecule has 2 aromatic rings. The molecule has 1 N–H and O–H groups in total. The number of benzene rings is 1. The molecule has 2 nitrogen and oxygen atoms in total. The Balaban J connectivity index is 2.25. The van der Waals surface area contributed by atoms with Gasteiger partial charge in [0.1, 0.15) is 11.6 Å². The van der Waals surface area contributed by atoms with Crippen molar-refractivity contribution >= 4 is 5.69 Å². The minimum absolute atomic E-state index is 0.0860. The van der Waals surface area contributed by atoms with E-state index in [1.54, 1.807) is 12.1 Å². The molecule has 1 heterocycles. The zero-order valence-electron chi connectivity index (χ0n) is 9.71. The van der Waals surface area contributed by atoms with Gasteiger partial charge in [0.25, 0.3) is 0 Å². The third kappa shape index (κ3) is 2.50. The molecule has 0 saturated heterocycles. The fourth-order valence-electron chi connectivity index (χ4n) is 1.68. The minimum Gasteiger partial charge on any atom is -0.467 e. The van der Waals surface area contributed by atoms with Crippen LogP contribution in [0.3, 0.4) is 0 Å². The van der Waals surface area contributed by atoms with Crippen molar-refractivity contribution in [2.75, 3.05) is 5.32 Å². The predicted molar refractivity (Wildman–Crippen MR) is 61.7 cm³/mol. The van der Waals surface area contributed by atoms with Crippen molar-refractivity contribution in [3.8, 4) is 0 Å². The Morgan fingerprint density at radius 3 is 2.50 bits per heavy atom. The fraction of sp³-hybridized carbons (Fsp3) is 0.231. The summed E-state index contributed by atoms with van der Waals surface area (Å²) in [6.07, 6.45) is 2.12. The number of furan rings is 1. The molecule has 1 aromatic heterocycles. The van der Waals surface area contributed by atoms with Gasteiger partial charge in [-0.2, -0.15) is 0 Å². The van der Waals surface area contributed by atoms with Crippen LogP contribution in [0.5, 0.6) is 0 Å². The van der Waals surface area contributed by atoms with Gasteiger partial charge in [0.2, 0.25) is 0 Å². The van der Waals surface area contributed by atoms with Crippen LogP contribution in [0, 0.1) is 17.5 Å². The molecule has 0 spiro atoms. The van der Waals surface area contributed by atoms with E-state index in [2.05, 4.69) is 5.32 Å². The summed E-state index contributed by atoms with van der Waals surface area (Å²) in [5.74, 6) is -2.52. The van der Waals surface area contributed by atoms with Crippen LogP contribution in [0.15, 0.2) is 34.9 Å². The lowest BCUT2D eigenvalue weighted by Crippen LogP contribution is -2.10. The van der Waals surface area contributed by atoms with Crippen LogP contribution in [0.25, 0.3) is 0 Å². The number of rotatable bonds is 4. The maximum atomic E-state index is 13.5. The Bertz CT molecular complexity index is 525. The molecule has 0 bridgehead atoms. The smallest absolute Gasteiger partial charge is 0.161 e. The van der Waals surface area contributed by atoms with E-state index in [4.69, 9.17) is 4.42 Å². The van der Waals surface area contributed by atoms with Crippen LogP contribution < -0.4 is 5.32 Å². The first-order valence-electron chi connectivity index (χ1n) is 5.56. The normalized spacial score (nSPS) is 12.4. The molecule has 1 aromatic carbocycles. The van der Waals surface area contributed by atoms with Crippen LogP contribution in [-0.2, 0) is 0 Å². The molecule has 5 heteroatoms. The third-order valence-electron chi connectivity index (χ3n) is 2.63. The first-order chi connectivity index (χ1) is 8.61. The number of halogens is 3. The highest BCUT2D eigenvalue weighted by atomic mass is 19.2. The first-order valence-corrected chi connectivity index (χ1v) is 5.56. The van der Waals surface area contributed by atoms with Crippen LogP contribution in [0.1, 0.15) is 25.1 Å². The summed E-state index contributed by atoms with van der Waals surface area (Å²) < 4.78 is 44.5. The van der Waals surface area contributed by atoms with Crippen molar-refractivity contribution in [3.05, 3.63) is 53.7 Å². The Hall–Kier alpha value is -1.91. The maximum absolute atomic E-state index is 13.5. The number of anilines is 1. The van der Waals surface area contributed by atoms with E-state index in [1.807, 2.05) is 6.92 Å². The van der Waals surface area contributed by atoms with Crippen LogP contribution in [0.4, 0.5) is 18.9 Å². The molecule has 1 atom stereocenters. The lowest BCUT2D eigenvalue weighted by atomic mass is 10.1. The molecular formula is C13H12F3NO. The zero-order chi connectivity index (χ0) is 13.1. The van der Waals surface area contributed by atoms with Gasteiger partial charge in [0.05, 0.1) is 18.0 Å². The summed E-state index contributed by atoms with van der Waals surface area (Å²) in [6.45, 7) is 1.87. The van der Waals surface area contributed by atoms with Gasteiger partial charge in [0.15, 0.2) is 11.6 Å². The molecule has 96 valence electrons.